The molecule has 14 heteroatoms. The van der Waals surface area contributed by atoms with Crippen molar-refractivity contribution in [1.82, 2.24) is 14.9 Å². The summed E-state index contributed by atoms with van der Waals surface area (Å²) in [6.07, 6.45) is -1.70. The van der Waals surface area contributed by atoms with Crippen LogP contribution in [0.5, 0.6) is 5.75 Å². The zero-order chi connectivity index (χ0) is 30.6. The van der Waals surface area contributed by atoms with Crippen LogP contribution >= 0.6 is 34.8 Å². The third-order valence-corrected chi connectivity index (χ3v) is 7.17. The quantitative estimate of drug-likeness (QED) is 0.156. The Bertz CT molecular complexity index is 1650. The van der Waals surface area contributed by atoms with E-state index in [1.165, 1.54) is 24.3 Å². The number of ether oxygens (including phenoxy) is 1. The molecule has 42 heavy (non-hydrogen) atoms. The highest BCUT2D eigenvalue weighted by molar-refractivity contribution is 6.39. The third-order valence-electron chi connectivity index (χ3n) is 6.13. The predicted octanol–water partition coefficient (Wildman–Crippen LogP) is 7.73. The fourth-order valence-corrected chi connectivity index (χ4v) is 4.73. The summed E-state index contributed by atoms with van der Waals surface area (Å²) in [5, 5.41) is 8.80. The Labute approximate surface area is 254 Å². The second kappa shape index (κ2) is 13.5. The molecule has 0 aliphatic heterocycles. The van der Waals surface area contributed by atoms with Crippen molar-refractivity contribution in [3.63, 3.8) is 0 Å². The Morgan fingerprint density at radius 3 is 2.52 bits per heavy atom. The molecule has 8 nitrogen and oxygen atoms in total. The van der Waals surface area contributed by atoms with E-state index in [0.29, 0.717) is 35.1 Å². The first-order valence-electron chi connectivity index (χ1n) is 12.7. The third kappa shape index (κ3) is 7.21. The first kappa shape index (κ1) is 31.3. The summed E-state index contributed by atoms with van der Waals surface area (Å²) in [5.74, 6) is -1.35. The van der Waals surface area contributed by atoms with Gasteiger partial charge in [-0.05, 0) is 42.3 Å². The Morgan fingerprint density at radius 2 is 1.83 bits per heavy atom. The molecule has 0 bridgehead atoms. The number of carbonyl (C=O) groups excluding carboxylic acids is 2. The number of aryl methyl sites for hydroxylation is 1. The molecule has 0 radical (unpaired) electrons. The van der Waals surface area contributed by atoms with Crippen LogP contribution in [0.3, 0.4) is 0 Å². The minimum Gasteiger partial charge on any atom is -0.487 e. The van der Waals surface area contributed by atoms with Crippen LogP contribution < -0.4 is 20.7 Å². The molecule has 0 fully saturated rings. The van der Waals surface area contributed by atoms with Gasteiger partial charge in [-0.2, -0.15) is 0 Å². The molecular weight excluding hydrogens is 618 g/mol. The summed E-state index contributed by atoms with van der Waals surface area (Å²) < 4.78 is 46.5. The number of alkyl halides is 2. The average molecular weight is 643 g/mol. The number of carbonyl (C=O) groups is 2. The highest BCUT2D eigenvalue weighted by atomic mass is 35.5. The number of hydrogen-bond acceptors (Lipinski definition) is 5. The van der Waals surface area contributed by atoms with Crippen LogP contribution in [-0.4, -0.2) is 34.4 Å². The highest BCUT2D eigenvalue weighted by Gasteiger charge is 2.21. The van der Waals surface area contributed by atoms with Gasteiger partial charge in [-0.3, -0.25) is 9.59 Å². The fourth-order valence-electron chi connectivity index (χ4n) is 4.02. The van der Waals surface area contributed by atoms with Gasteiger partial charge in [0.1, 0.15) is 18.2 Å². The number of aromatic nitrogens is 2. The lowest BCUT2D eigenvalue weighted by Gasteiger charge is -2.14. The number of halogens is 6. The second-order valence-electron chi connectivity index (χ2n) is 9.16. The summed E-state index contributed by atoms with van der Waals surface area (Å²) in [7, 11) is 1.66. The van der Waals surface area contributed by atoms with Gasteiger partial charge < -0.3 is 25.3 Å². The van der Waals surface area contributed by atoms with E-state index < -0.39 is 24.8 Å². The van der Waals surface area contributed by atoms with Crippen molar-refractivity contribution < 1.29 is 27.5 Å². The standard InChI is InChI=1S/C28H25Cl3F3N5O3/c1-3-4-24(40)35-12-14-5-7-17(29)26(25(14)31)38-28-37-20-10-16(22(42-13-23(33)34)11-21(20)39(28)2)27(41)36-15-6-8-19(32)18(30)9-15/h5-11,23H,3-4,12-13H2,1-2H3,(H,35,40)(H,36,41)(H,37,38). The molecule has 0 aliphatic rings. The van der Waals surface area contributed by atoms with Crippen molar-refractivity contribution in [2.75, 3.05) is 17.2 Å². The SMILES string of the molecule is CCCC(=O)NCc1ccc(Cl)c(Nc2nc3cc(C(=O)Nc4ccc(F)c(Cl)c4)c(OCC(F)F)cc3n2C)c1Cl. The molecule has 0 aliphatic carbocycles. The number of rotatable bonds is 11. The lowest BCUT2D eigenvalue weighted by atomic mass is 10.1. The number of nitrogens with zero attached hydrogens (tertiary/aromatic N) is 2. The maximum absolute atomic E-state index is 13.6. The van der Waals surface area contributed by atoms with Gasteiger partial charge in [0.15, 0.2) is 0 Å². The van der Waals surface area contributed by atoms with Crippen LogP contribution in [0, 0.1) is 5.82 Å². The first-order valence-corrected chi connectivity index (χ1v) is 13.8. The number of anilines is 3. The van der Waals surface area contributed by atoms with E-state index in [1.54, 1.807) is 23.7 Å². The summed E-state index contributed by atoms with van der Waals surface area (Å²) >= 11 is 18.9. The van der Waals surface area contributed by atoms with Crippen molar-refractivity contribution in [2.45, 2.75) is 32.7 Å². The molecule has 4 aromatic rings. The average Bonchev–Trinajstić information content (AvgIpc) is 3.24. The van der Waals surface area contributed by atoms with Crippen LogP contribution in [-0.2, 0) is 18.4 Å². The zero-order valence-corrected chi connectivity index (χ0v) is 24.6. The summed E-state index contributed by atoms with van der Waals surface area (Å²) in [5.41, 5.74) is 1.81. The molecule has 3 N–H and O–H groups in total. The largest absolute Gasteiger partial charge is 0.487 e. The zero-order valence-electron chi connectivity index (χ0n) is 22.3. The van der Waals surface area contributed by atoms with E-state index >= 15 is 0 Å². The van der Waals surface area contributed by atoms with Crippen molar-refractivity contribution in [3.8, 4) is 5.75 Å². The van der Waals surface area contributed by atoms with Crippen molar-refractivity contribution in [3.05, 3.63) is 74.5 Å². The van der Waals surface area contributed by atoms with Gasteiger partial charge in [-0.25, -0.2) is 18.2 Å². The minimum atomic E-state index is -2.79. The molecule has 1 aromatic heterocycles. The summed E-state index contributed by atoms with van der Waals surface area (Å²) in [4.78, 5) is 29.6. The normalized spacial score (nSPS) is 11.2. The molecule has 0 saturated carbocycles. The van der Waals surface area contributed by atoms with Crippen molar-refractivity contribution >= 4 is 75.0 Å². The molecule has 1 heterocycles. The Balaban J connectivity index is 1.68. The predicted molar refractivity (Wildman–Crippen MR) is 158 cm³/mol. The van der Waals surface area contributed by atoms with Gasteiger partial charge in [0.05, 0.1) is 37.4 Å². The lowest BCUT2D eigenvalue weighted by Crippen LogP contribution is -2.22. The molecule has 2 amide bonds. The maximum Gasteiger partial charge on any atom is 0.272 e. The highest BCUT2D eigenvalue weighted by Crippen LogP contribution is 2.37. The molecule has 3 aromatic carbocycles. The van der Waals surface area contributed by atoms with Crippen LogP contribution in [0.1, 0.15) is 35.7 Å². The molecule has 0 atom stereocenters. The van der Waals surface area contributed by atoms with E-state index in [9.17, 15) is 22.8 Å². The van der Waals surface area contributed by atoms with E-state index in [4.69, 9.17) is 39.5 Å². The van der Waals surface area contributed by atoms with E-state index in [0.717, 1.165) is 6.07 Å². The van der Waals surface area contributed by atoms with Crippen LogP contribution in [0.25, 0.3) is 11.0 Å². The van der Waals surface area contributed by atoms with Gasteiger partial charge in [0.2, 0.25) is 11.9 Å². The van der Waals surface area contributed by atoms with E-state index in [-0.39, 0.29) is 50.5 Å². The number of imidazole rings is 1. The minimum absolute atomic E-state index is 0.0888. The van der Waals surface area contributed by atoms with E-state index in [2.05, 4.69) is 20.9 Å². The number of nitrogens with one attached hydrogen (secondary N) is 3. The van der Waals surface area contributed by atoms with Crippen LogP contribution in [0.15, 0.2) is 42.5 Å². The number of benzene rings is 3. The maximum atomic E-state index is 13.6. The summed E-state index contributed by atoms with van der Waals surface area (Å²) in [6, 6.07) is 9.71. The lowest BCUT2D eigenvalue weighted by molar-refractivity contribution is -0.121. The Morgan fingerprint density at radius 1 is 1.07 bits per heavy atom. The van der Waals surface area contributed by atoms with Gasteiger partial charge in [0, 0.05) is 31.8 Å². The van der Waals surface area contributed by atoms with Crippen molar-refractivity contribution in [2.24, 2.45) is 7.05 Å². The molecule has 0 saturated heterocycles. The van der Waals surface area contributed by atoms with Crippen LogP contribution in [0.4, 0.5) is 30.5 Å². The number of amides is 2. The van der Waals surface area contributed by atoms with E-state index in [1.807, 2.05) is 6.92 Å². The molecular formula is C28H25Cl3F3N5O3. The molecule has 222 valence electrons. The number of fused-ring (bicyclic) bond motifs is 1. The fraction of sp³-hybridized carbons (Fsp3) is 0.250. The van der Waals surface area contributed by atoms with Crippen molar-refractivity contribution in [1.29, 1.82) is 0 Å². The van der Waals surface area contributed by atoms with Gasteiger partial charge in [-0.1, -0.05) is 47.8 Å². The van der Waals surface area contributed by atoms with Crippen LogP contribution in [0.2, 0.25) is 15.1 Å². The van der Waals surface area contributed by atoms with Gasteiger partial charge in [0.25, 0.3) is 12.3 Å². The number of hydrogen-bond donors (Lipinski definition) is 3. The Kier molecular flexibility index (Phi) is 10.1. The molecule has 0 unspecified atom stereocenters. The Hall–Kier alpha value is -3.67. The summed E-state index contributed by atoms with van der Waals surface area (Å²) in [6.45, 7) is 1.14. The second-order valence-corrected chi connectivity index (χ2v) is 10.4. The molecule has 4 rings (SSSR count). The smallest absolute Gasteiger partial charge is 0.272 e. The topological polar surface area (TPSA) is 97.3 Å². The van der Waals surface area contributed by atoms with Gasteiger partial charge in [-0.15, -0.1) is 0 Å². The first-order chi connectivity index (χ1) is 20.0. The van der Waals surface area contributed by atoms with Gasteiger partial charge >= 0.3 is 0 Å². The molecule has 0 spiro atoms. The monoisotopic (exact) mass is 641 g/mol.